The standard InChI is InChI=1S/C24H20ClN3O2S/c1-16-4-10-19(11-5-16)28-23(30)21(14-17-6-8-18(25)9-7-17)31-24(28)20(15-26)22(29)27-12-2-3-13-27/h4-11,14H,2-3,12-13H2,1H3/b21-14+,24-20+. The molecule has 1 fully saturated rings. The average Bonchev–Trinajstić information content (AvgIpc) is 3.40. The van der Waals surface area contributed by atoms with Crippen LogP contribution in [-0.4, -0.2) is 28.5 Å². The summed E-state index contributed by atoms with van der Waals surface area (Å²) in [6.07, 6.45) is 3.61. The van der Waals surface area contributed by atoms with Crippen LogP contribution < -0.4 is 14.8 Å². The number of aryl methyl sites for hydroxylation is 1. The largest absolute Gasteiger partial charge is 0.338 e. The first-order valence-electron chi connectivity index (χ1n) is 9.98. The van der Waals surface area contributed by atoms with Crippen LogP contribution >= 0.6 is 22.9 Å². The summed E-state index contributed by atoms with van der Waals surface area (Å²) >= 11 is 7.13. The Morgan fingerprint density at radius 3 is 2.35 bits per heavy atom. The Labute approximate surface area is 188 Å². The van der Waals surface area contributed by atoms with E-state index in [4.69, 9.17) is 11.6 Å². The molecule has 5 nitrogen and oxygen atoms in total. The van der Waals surface area contributed by atoms with Gasteiger partial charge < -0.3 is 4.90 Å². The summed E-state index contributed by atoms with van der Waals surface area (Å²) in [6, 6.07) is 16.7. The first kappa shape index (κ1) is 21.1. The van der Waals surface area contributed by atoms with Crippen molar-refractivity contribution in [2.75, 3.05) is 13.1 Å². The summed E-state index contributed by atoms with van der Waals surface area (Å²) in [5.74, 6) is -0.319. The van der Waals surface area contributed by atoms with Crippen LogP contribution in [0.15, 0.2) is 53.3 Å². The number of likely N-dealkylation sites (tertiary alicyclic amines) is 1. The van der Waals surface area contributed by atoms with Crippen molar-refractivity contribution in [3.8, 4) is 11.8 Å². The Kier molecular flexibility index (Phi) is 6.08. The Bertz CT molecular complexity index is 1340. The number of amides is 1. The van der Waals surface area contributed by atoms with E-state index >= 15 is 0 Å². The van der Waals surface area contributed by atoms with Crippen LogP contribution in [0.25, 0.3) is 17.3 Å². The fraction of sp³-hybridized carbons (Fsp3) is 0.208. The lowest BCUT2D eigenvalue weighted by Crippen LogP contribution is -2.35. The molecule has 0 aliphatic carbocycles. The quantitative estimate of drug-likeness (QED) is 0.617. The molecular formula is C24H20ClN3O2S. The number of carbonyl (C=O) groups is 1. The highest BCUT2D eigenvalue weighted by atomic mass is 35.5. The van der Waals surface area contributed by atoms with Gasteiger partial charge in [-0.2, -0.15) is 5.26 Å². The monoisotopic (exact) mass is 449 g/mol. The molecule has 2 aromatic carbocycles. The van der Waals surface area contributed by atoms with Gasteiger partial charge in [0.1, 0.15) is 10.7 Å². The molecule has 31 heavy (non-hydrogen) atoms. The van der Waals surface area contributed by atoms with E-state index < -0.39 is 0 Å². The van der Waals surface area contributed by atoms with Crippen LogP contribution in [0.5, 0.6) is 0 Å². The maximum Gasteiger partial charge on any atom is 0.273 e. The summed E-state index contributed by atoms with van der Waals surface area (Å²) in [6.45, 7) is 3.23. The average molecular weight is 450 g/mol. The number of hydrogen-bond acceptors (Lipinski definition) is 4. The second-order valence-electron chi connectivity index (χ2n) is 7.43. The zero-order valence-corrected chi connectivity index (χ0v) is 18.5. The lowest BCUT2D eigenvalue weighted by Gasteiger charge is -2.14. The second-order valence-corrected chi connectivity index (χ2v) is 8.90. The summed E-state index contributed by atoms with van der Waals surface area (Å²) in [5, 5.41) is 10.5. The number of nitrogens with zero attached hydrogens (tertiary/aromatic N) is 3. The molecular weight excluding hydrogens is 430 g/mol. The zero-order valence-electron chi connectivity index (χ0n) is 17.0. The van der Waals surface area contributed by atoms with Crippen molar-refractivity contribution in [3.63, 3.8) is 0 Å². The van der Waals surface area contributed by atoms with E-state index in [-0.39, 0.29) is 17.0 Å². The number of rotatable bonds is 3. The van der Waals surface area contributed by atoms with E-state index in [1.165, 1.54) is 4.57 Å². The molecule has 0 spiro atoms. The van der Waals surface area contributed by atoms with Gasteiger partial charge in [-0.05, 0) is 55.7 Å². The number of carbonyl (C=O) groups excluding carboxylic acids is 1. The molecule has 0 N–H and O–H groups in total. The first-order chi connectivity index (χ1) is 15.0. The van der Waals surface area contributed by atoms with Gasteiger partial charge in [-0.15, -0.1) is 11.3 Å². The smallest absolute Gasteiger partial charge is 0.273 e. The van der Waals surface area contributed by atoms with Crippen LogP contribution in [0.3, 0.4) is 0 Å². The van der Waals surface area contributed by atoms with Gasteiger partial charge in [0.15, 0.2) is 5.57 Å². The van der Waals surface area contributed by atoms with Crippen molar-refractivity contribution in [3.05, 3.63) is 84.2 Å². The highest BCUT2D eigenvalue weighted by molar-refractivity contribution is 7.07. The Hall–Kier alpha value is -3.14. The first-order valence-corrected chi connectivity index (χ1v) is 11.2. The third-order valence-corrected chi connectivity index (χ3v) is 6.56. The van der Waals surface area contributed by atoms with Crippen molar-refractivity contribution in [2.45, 2.75) is 19.8 Å². The summed E-state index contributed by atoms with van der Waals surface area (Å²) in [5.41, 5.74) is 2.23. The molecule has 0 bridgehead atoms. The Morgan fingerprint density at radius 2 is 1.74 bits per heavy atom. The molecule has 1 saturated heterocycles. The number of hydrogen-bond donors (Lipinski definition) is 0. The molecule has 0 radical (unpaired) electrons. The van der Waals surface area contributed by atoms with E-state index in [1.807, 2.05) is 43.3 Å². The Balaban J connectivity index is 2.00. The molecule has 4 rings (SSSR count). The minimum absolute atomic E-state index is 0.000307. The van der Waals surface area contributed by atoms with Gasteiger partial charge in [0.25, 0.3) is 11.5 Å². The zero-order chi connectivity index (χ0) is 22.0. The minimum Gasteiger partial charge on any atom is -0.338 e. The van der Waals surface area contributed by atoms with Gasteiger partial charge in [-0.3, -0.25) is 14.2 Å². The summed E-state index contributed by atoms with van der Waals surface area (Å²) < 4.78 is 2.27. The van der Waals surface area contributed by atoms with Crippen molar-refractivity contribution in [1.29, 1.82) is 5.26 Å². The van der Waals surface area contributed by atoms with Crippen molar-refractivity contribution in [1.82, 2.24) is 9.47 Å². The third kappa shape index (κ3) is 4.34. The van der Waals surface area contributed by atoms with E-state index in [0.29, 0.717) is 33.0 Å². The van der Waals surface area contributed by atoms with Gasteiger partial charge >= 0.3 is 0 Å². The van der Waals surface area contributed by atoms with Gasteiger partial charge in [-0.25, -0.2) is 0 Å². The van der Waals surface area contributed by atoms with Crippen molar-refractivity contribution >= 4 is 40.5 Å². The number of halogens is 1. The van der Waals surface area contributed by atoms with E-state index in [1.54, 1.807) is 23.1 Å². The van der Waals surface area contributed by atoms with Gasteiger partial charge in [0.05, 0.1) is 10.2 Å². The predicted octanol–water partition coefficient (Wildman–Crippen LogP) is 2.99. The highest BCUT2D eigenvalue weighted by Crippen LogP contribution is 2.13. The molecule has 0 saturated carbocycles. The topological polar surface area (TPSA) is 66.1 Å². The maximum absolute atomic E-state index is 13.4. The van der Waals surface area contributed by atoms with Crippen LogP contribution in [0.4, 0.5) is 0 Å². The lowest BCUT2D eigenvalue weighted by atomic mass is 10.2. The Morgan fingerprint density at radius 1 is 1.10 bits per heavy atom. The van der Waals surface area contributed by atoms with Crippen LogP contribution in [0.1, 0.15) is 24.0 Å². The second kappa shape index (κ2) is 8.93. The molecule has 0 atom stereocenters. The normalized spacial score (nSPS) is 15.1. The number of aromatic nitrogens is 1. The van der Waals surface area contributed by atoms with E-state index in [9.17, 15) is 14.9 Å². The fourth-order valence-corrected chi connectivity index (χ4v) is 4.78. The maximum atomic E-state index is 13.4. The van der Waals surface area contributed by atoms with E-state index in [0.717, 1.165) is 35.3 Å². The van der Waals surface area contributed by atoms with Gasteiger partial charge in [0.2, 0.25) is 0 Å². The summed E-state index contributed by atoms with van der Waals surface area (Å²) in [4.78, 5) is 28.1. The number of nitriles is 1. The lowest BCUT2D eigenvalue weighted by molar-refractivity contribution is -0.123. The molecule has 0 unspecified atom stereocenters. The van der Waals surface area contributed by atoms with Gasteiger partial charge in [-0.1, -0.05) is 41.4 Å². The summed E-state index contributed by atoms with van der Waals surface area (Å²) in [7, 11) is 0. The minimum atomic E-state index is -0.319. The molecule has 156 valence electrons. The van der Waals surface area contributed by atoms with E-state index in [2.05, 4.69) is 6.07 Å². The van der Waals surface area contributed by atoms with Crippen LogP contribution in [0.2, 0.25) is 5.02 Å². The number of thiazole rings is 1. The number of benzene rings is 2. The van der Waals surface area contributed by atoms with Crippen molar-refractivity contribution in [2.24, 2.45) is 0 Å². The molecule has 1 aromatic heterocycles. The fourth-order valence-electron chi connectivity index (χ4n) is 3.55. The SMILES string of the molecule is Cc1ccc(-n2c(=O)/c(=C\c3ccc(Cl)cc3)s/c2=C(\C#N)C(=O)N2CCCC2)cc1. The van der Waals surface area contributed by atoms with Crippen LogP contribution in [0, 0.1) is 18.3 Å². The molecule has 7 heteroatoms. The molecule has 1 aliphatic heterocycles. The molecule has 3 aromatic rings. The molecule has 2 heterocycles. The van der Waals surface area contributed by atoms with Crippen molar-refractivity contribution < 1.29 is 4.79 Å². The van der Waals surface area contributed by atoms with Gasteiger partial charge in [0, 0.05) is 18.1 Å². The predicted molar refractivity (Wildman–Crippen MR) is 124 cm³/mol. The third-order valence-electron chi connectivity index (χ3n) is 5.22. The molecule has 1 aliphatic rings. The molecule has 1 amide bonds. The highest BCUT2D eigenvalue weighted by Gasteiger charge is 2.24. The van der Waals surface area contributed by atoms with Crippen LogP contribution in [-0.2, 0) is 4.79 Å².